The number of Topliss-reactive ketones (excluding diaryl/α,β-unsaturated/α-hetero) is 1. The largest absolute Gasteiger partial charge is 0.396 e. The zero-order valence-electron chi connectivity index (χ0n) is 31.0. The first kappa shape index (κ1) is 35.3. The third-order valence-corrected chi connectivity index (χ3v) is 16.6. The average molecular weight is 695 g/mol. The lowest BCUT2D eigenvalue weighted by Crippen LogP contribution is -2.65. The summed E-state index contributed by atoms with van der Waals surface area (Å²) < 4.78 is 13.8. The number of epoxide rings is 1. The van der Waals surface area contributed by atoms with Gasteiger partial charge in [-0.2, -0.15) is 0 Å². The smallest absolute Gasteiger partial charge is 0.162 e. The van der Waals surface area contributed by atoms with Crippen LogP contribution >= 0.6 is 0 Å². The number of carbonyl (C=O) groups is 1. The standard InChI is InChI=1S/C41H62N2O7/c1-23-12-17-49-40(21-23,35-34(50-35)39(5,47)36(2,22-44)13-8-24-11-16-43-31(42)18-24)30-19-25-6-7-27-32-28(10-15-38(30,4)41(25,32)48)37(3)14-9-26(45)20-29(37)33(27)46/h11,18,23,25-26,28-30,34-35,43-45,47-48H,6-10,12-17,19-22,42H2,1-5H3. The summed E-state index contributed by atoms with van der Waals surface area (Å²) in [4.78, 5) is 14.3. The molecule has 8 aliphatic rings. The number of fused-ring (bicyclic) bond motifs is 2. The summed E-state index contributed by atoms with van der Waals surface area (Å²) in [5, 5.41) is 50.5. The fourth-order valence-electron chi connectivity index (χ4n) is 13.2. The van der Waals surface area contributed by atoms with E-state index in [1.54, 1.807) is 0 Å². The van der Waals surface area contributed by atoms with Gasteiger partial charge in [-0.05, 0) is 136 Å². The first-order valence-electron chi connectivity index (χ1n) is 19.8. The molecule has 14 atom stereocenters. The van der Waals surface area contributed by atoms with Crippen molar-refractivity contribution >= 4 is 5.78 Å². The molecular weight excluding hydrogens is 632 g/mol. The molecule has 5 fully saturated rings. The highest BCUT2D eigenvalue weighted by Crippen LogP contribution is 2.75. The molecule has 7 N–H and O–H groups in total. The summed E-state index contributed by atoms with van der Waals surface area (Å²) in [7, 11) is 0. The van der Waals surface area contributed by atoms with E-state index in [4.69, 9.17) is 15.2 Å². The van der Waals surface area contributed by atoms with Gasteiger partial charge in [-0.3, -0.25) is 4.79 Å². The number of hydrogen-bond donors (Lipinski definition) is 6. The molecular formula is C41H62N2O7. The first-order valence-corrected chi connectivity index (χ1v) is 19.8. The first-order chi connectivity index (χ1) is 23.6. The molecule has 0 bridgehead atoms. The molecule has 0 radical (unpaired) electrons. The van der Waals surface area contributed by atoms with Crippen LogP contribution < -0.4 is 11.1 Å². The van der Waals surface area contributed by atoms with Crippen LogP contribution in [-0.2, 0) is 14.3 Å². The Morgan fingerprint density at radius 3 is 2.60 bits per heavy atom. The Labute approximate surface area is 298 Å². The van der Waals surface area contributed by atoms with Gasteiger partial charge in [0.25, 0.3) is 0 Å². The molecule has 0 spiro atoms. The normalized spacial score (nSPS) is 49.1. The van der Waals surface area contributed by atoms with Crippen LogP contribution in [-0.4, -0.2) is 81.1 Å². The Hall–Kier alpha value is -1.75. The van der Waals surface area contributed by atoms with Crippen molar-refractivity contribution in [2.45, 2.75) is 147 Å². The van der Waals surface area contributed by atoms with E-state index < -0.39 is 39.8 Å². The van der Waals surface area contributed by atoms with Crippen LogP contribution in [0, 0.1) is 45.8 Å². The lowest BCUT2D eigenvalue weighted by atomic mass is 9.42. The fourth-order valence-corrected chi connectivity index (χ4v) is 13.2. The quantitative estimate of drug-likeness (QED) is 0.203. The van der Waals surface area contributed by atoms with E-state index in [-0.39, 0.29) is 47.6 Å². The number of hydrogen-bond acceptors (Lipinski definition) is 9. The summed E-state index contributed by atoms with van der Waals surface area (Å²) >= 11 is 0. The topological polar surface area (TPSA) is 158 Å². The molecule has 0 aromatic heterocycles. The number of carbonyl (C=O) groups excluding carboxylic acids is 1. The van der Waals surface area contributed by atoms with Gasteiger partial charge in [0, 0.05) is 29.9 Å². The van der Waals surface area contributed by atoms with Gasteiger partial charge in [-0.15, -0.1) is 0 Å². The Balaban J connectivity index is 1.14. The van der Waals surface area contributed by atoms with Gasteiger partial charge in [0.15, 0.2) is 5.78 Å². The van der Waals surface area contributed by atoms with E-state index in [2.05, 4.69) is 32.2 Å². The highest BCUT2D eigenvalue weighted by molar-refractivity contribution is 6.00. The van der Waals surface area contributed by atoms with E-state index in [1.807, 2.05) is 19.9 Å². The fraction of sp³-hybridized carbons (Fsp3) is 0.829. The van der Waals surface area contributed by atoms with E-state index >= 15 is 0 Å². The monoisotopic (exact) mass is 694 g/mol. The van der Waals surface area contributed by atoms with Crippen LogP contribution in [0.15, 0.2) is 34.7 Å². The lowest BCUT2D eigenvalue weighted by molar-refractivity contribution is -0.197. The van der Waals surface area contributed by atoms with Crippen LogP contribution in [0.25, 0.3) is 0 Å². The van der Waals surface area contributed by atoms with Gasteiger partial charge in [0.05, 0.1) is 29.7 Å². The zero-order chi connectivity index (χ0) is 35.6. The second-order valence-electron chi connectivity index (χ2n) is 19.0. The molecule has 14 unspecified atom stereocenters. The molecule has 0 amide bonds. The van der Waals surface area contributed by atoms with Crippen LogP contribution in [0.4, 0.5) is 0 Å². The molecule has 3 heterocycles. The Bertz CT molecular complexity index is 1520. The van der Waals surface area contributed by atoms with Gasteiger partial charge < -0.3 is 41.0 Å². The number of rotatable bonds is 8. The summed E-state index contributed by atoms with van der Waals surface area (Å²) in [6.45, 7) is 11.7. The number of nitrogens with one attached hydrogen (secondary N) is 1. The van der Waals surface area contributed by atoms with Crippen molar-refractivity contribution in [3.05, 3.63) is 34.7 Å². The highest BCUT2D eigenvalue weighted by atomic mass is 16.6. The van der Waals surface area contributed by atoms with Crippen LogP contribution in [0.2, 0.25) is 0 Å². The van der Waals surface area contributed by atoms with E-state index in [1.165, 1.54) is 0 Å². The van der Waals surface area contributed by atoms with Crippen LogP contribution in [0.1, 0.15) is 112 Å². The third kappa shape index (κ3) is 4.68. The Kier molecular flexibility index (Phi) is 8.20. The summed E-state index contributed by atoms with van der Waals surface area (Å²) in [6, 6.07) is 0. The van der Waals surface area contributed by atoms with E-state index in [0.29, 0.717) is 57.0 Å². The molecule has 278 valence electrons. The molecule has 5 aliphatic carbocycles. The number of dihydropyridines is 1. The number of ether oxygens (including phenoxy) is 2. The van der Waals surface area contributed by atoms with Crippen molar-refractivity contribution < 1.29 is 34.7 Å². The van der Waals surface area contributed by atoms with Gasteiger partial charge in [0.1, 0.15) is 17.8 Å². The van der Waals surface area contributed by atoms with Crippen molar-refractivity contribution in [2.24, 2.45) is 51.6 Å². The summed E-state index contributed by atoms with van der Waals surface area (Å²) in [5.74, 6) is 1.18. The number of aliphatic hydroxyl groups excluding tert-OH is 2. The highest BCUT2D eigenvalue weighted by Gasteiger charge is 2.78. The predicted octanol–water partition coefficient (Wildman–Crippen LogP) is 4.42. The minimum Gasteiger partial charge on any atom is -0.396 e. The zero-order valence-corrected chi connectivity index (χ0v) is 31.0. The van der Waals surface area contributed by atoms with Gasteiger partial charge in [-0.1, -0.05) is 33.8 Å². The number of ketones is 1. The maximum absolute atomic E-state index is 14.3. The van der Waals surface area contributed by atoms with Crippen LogP contribution in [0.5, 0.6) is 0 Å². The Morgan fingerprint density at radius 2 is 1.88 bits per heavy atom. The molecule has 8 rings (SSSR count). The lowest BCUT2D eigenvalue weighted by Gasteiger charge is -2.63. The molecule has 0 aromatic carbocycles. The predicted molar refractivity (Wildman–Crippen MR) is 189 cm³/mol. The molecule has 3 aliphatic heterocycles. The summed E-state index contributed by atoms with van der Waals surface area (Å²) in [5.41, 5.74) is 4.27. The molecule has 2 saturated heterocycles. The van der Waals surface area contributed by atoms with E-state index in [0.717, 1.165) is 61.7 Å². The van der Waals surface area contributed by atoms with Crippen molar-refractivity contribution in [3.63, 3.8) is 0 Å². The van der Waals surface area contributed by atoms with Crippen LogP contribution in [0.3, 0.4) is 0 Å². The van der Waals surface area contributed by atoms with Crippen molar-refractivity contribution in [1.29, 1.82) is 0 Å². The molecule has 0 aromatic rings. The maximum atomic E-state index is 14.3. The summed E-state index contributed by atoms with van der Waals surface area (Å²) in [6.07, 6.45) is 11.8. The SMILES string of the molecule is CC1CCOC(C2OC2C(C)(O)C(C)(CO)CCC2=CCNC(N)=C2)(C2CC3CCC4=C5C(CCC2(C)C53O)C2(C)CCC(O)CC2C4=O)C1. The molecule has 3 saturated carbocycles. The minimum absolute atomic E-state index is 0.0199. The van der Waals surface area contributed by atoms with Gasteiger partial charge in [-0.25, -0.2) is 0 Å². The average Bonchev–Trinajstić information content (AvgIpc) is 3.86. The van der Waals surface area contributed by atoms with Crippen molar-refractivity contribution in [1.82, 2.24) is 5.32 Å². The molecule has 50 heavy (non-hydrogen) atoms. The molecule has 9 heteroatoms. The van der Waals surface area contributed by atoms with Crippen molar-refractivity contribution in [3.8, 4) is 0 Å². The number of nitrogens with two attached hydrogens (primary N) is 1. The molecule has 9 nitrogen and oxygen atoms in total. The third-order valence-electron chi connectivity index (χ3n) is 16.6. The number of allylic oxidation sites excluding steroid dienone is 3. The number of aliphatic hydroxyl groups is 4. The minimum atomic E-state index is -1.34. The van der Waals surface area contributed by atoms with Gasteiger partial charge >= 0.3 is 0 Å². The second-order valence-corrected chi connectivity index (χ2v) is 19.0. The Morgan fingerprint density at radius 1 is 1.10 bits per heavy atom. The second kappa shape index (κ2) is 11.6. The maximum Gasteiger partial charge on any atom is 0.162 e. The van der Waals surface area contributed by atoms with E-state index in [9.17, 15) is 25.2 Å². The van der Waals surface area contributed by atoms with Gasteiger partial charge in [0.2, 0.25) is 0 Å². The van der Waals surface area contributed by atoms with Crippen molar-refractivity contribution in [2.75, 3.05) is 19.8 Å².